The lowest BCUT2D eigenvalue weighted by atomic mass is 9.93. The molecule has 0 bridgehead atoms. The number of aromatic carboxylic acids is 1. The molecule has 0 saturated carbocycles. The van der Waals surface area contributed by atoms with Gasteiger partial charge in [0.05, 0.1) is 5.56 Å². The average Bonchev–Trinajstić information content (AvgIpc) is 2.73. The molecular formula is C15H22N2O2. The van der Waals surface area contributed by atoms with E-state index in [4.69, 9.17) is 5.73 Å². The molecule has 19 heavy (non-hydrogen) atoms. The number of hydrogen-bond donors (Lipinski definition) is 2. The van der Waals surface area contributed by atoms with E-state index < -0.39 is 5.97 Å². The number of carboxylic acids is 1. The lowest BCUT2D eigenvalue weighted by Crippen LogP contribution is -2.21. The summed E-state index contributed by atoms with van der Waals surface area (Å²) in [5.74, 6) is -0.344. The Morgan fingerprint density at radius 2 is 2.16 bits per heavy atom. The van der Waals surface area contributed by atoms with Crippen LogP contribution in [0.2, 0.25) is 0 Å². The number of benzene rings is 1. The third-order valence-corrected chi connectivity index (χ3v) is 4.27. The van der Waals surface area contributed by atoms with Crippen LogP contribution in [0.15, 0.2) is 12.1 Å². The molecule has 1 aliphatic heterocycles. The van der Waals surface area contributed by atoms with Crippen molar-refractivity contribution >= 4 is 5.97 Å². The van der Waals surface area contributed by atoms with E-state index in [1.54, 1.807) is 0 Å². The van der Waals surface area contributed by atoms with Crippen LogP contribution in [-0.4, -0.2) is 36.1 Å². The van der Waals surface area contributed by atoms with Gasteiger partial charge in [0.2, 0.25) is 0 Å². The molecule has 1 aromatic rings. The molecule has 2 unspecified atom stereocenters. The highest BCUT2D eigenvalue weighted by Gasteiger charge is 2.30. The van der Waals surface area contributed by atoms with Crippen LogP contribution in [0, 0.1) is 19.8 Å². The summed E-state index contributed by atoms with van der Waals surface area (Å²) in [7, 11) is 2.08. The Kier molecular flexibility index (Phi) is 3.92. The fourth-order valence-corrected chi connectivity index (χ4v) is 2.97. The van der Waals surface area contributed by atoms with Crippen molar-refractivity contribution in [2.75, 3.05) is 20.1 Å². The minimum absolute atomic E-state index is 0.283. The van der Waals surface area contributed by atoms with Crippen molar-refractivity contribution in [2.24, 2.45) is 11.7 Å². The van der Waals surface area contributed by atoms with Crippen molar-refractivity contribution < 1.29 is 9.90 Å². The number of nitrogens with two attached hydrogens (primary N) is 1. The van der Waals surface area contributed by atoms with Crippen LogP contribution in [0.3, 0.4) is 0 Å². The Balaban J connectivity index is 2.38. The lowest BCUT2D eigenvalue weighted by Gasteiger charge is -2.21. The van der Waals surface area contributed by atoms with Crippen LogP contribution >= 0.6 is 0 Å². The molecule has 1 aliphatic rings. The first-order chi connectivity index (χ1) is 8.93. The molecule has 2 atom stereocenters. The predicted molar refractivity (Wildman–Crippen MR) is 75.4 cm³/mol. The van der Waals surface area contributed by atoms with Crippen molar-refractivity contribution in [1.29, 1.82) is 0 Å². The van der Waals surface area contributed by atoms with E-state index in [0.717, 1.165) is 29.7 Å². The maximum absolute atomic E-state index is 11.3. The Morgan fingerprint density at radius 1 is 1.47 bits per heavy atom. The smallest absolute Gasteiger partial charge is 0.335 e. The highest BCUT2D eigenvalue weighted by molar-refractivity contribution is 5.90. The first-order valence-electron chi connectivity index (χ1n) is 6.68. The molecule has 1 aromatic carbocycles. The molecule has 3 N–H and O–H groups in total. The summed E-state index contributed by atoms with van der Waals surface area (Å²) in [4.78, 5) is 13.6. The summed E-state index contributed by atoms with van der Waals surface area (Å²) in [6, 6.07) is 4.22. The summed E-state index contributed by atoms with van der Waals surface area (Å²) < 4.78 is 0. The molecule has 0 amide bonds. The van der Waals surface area contributed by atoms with E-state index >= 15 is 0 Å². The molecule has 4 heteroatoms. The molecule has 2 rings (SSSR count). The first-order valence-corrected chi connectivity index (χ1v) is 6.68. The van der Waals surface area contributed by atoms with Gasteiger partial charge < -0.3 is 10.8 Å². The SMILES string of the molecule is Cc1cc(C2CC(CN)CN2C)cc(C(=O)O)c1C. The molecular weight excluding hydrogens is 240 g/mol. The van der Waals surface area contributed by atoms with E-state index in [2.05, 4.69) is 18.0 Å². The maximum atomic E-state index is 11.3. The molecule has 4 nitrogen and oxygen atoms in total. The fraction of sp³-hybridized carbons (Fsp3) is 0.533. The Hall–Kier alpha value is -1.39. The zero-order valence-electron chi connectivity index (χ0n) is 11.8. The molecule has 0 aromatic heterocycles. The van der Waals surface area contributed by atoms with Crippen LogP contribution in [0.5, 0.6) is 0 Å². The van der Waals surface area contributed by atoms with Gasteiger partial charge in [0.25, 0.3) is 0 Å². The van der Waals surface area contributed by atoms with Gasteiger partial charge >= 0.3 is 5.97 Å². The van der Waals surface area contributed by atoms with Gasteiger partial charge in [-0.3, -0.25) is 4.90 Å². The zero-order valence-corrected chi connectivity index (χ0v) is 11.8. The van der Waals surface area contributed by atoms with Crippen molar-refractivity contribution in [2.45, 2.75) is 26.3 Å². The van der Waals surface area contributed by atoms with Gasteiger partial charge in [-0.2, -0.15) is 0 Å². The van der Waals surface area contributed by atoms with Crippen LogP contribution in [0.25, 0.3) is 0 Å². The second kappa shape index (κ2) is 5.31. The zero-order chi connectivity index (χ0) is 14.2. The lowest BCUT2D eigenvalue weighted by molar-refractivity contribution is 0.0695. The standard InChI is InChI=1S/C15H22N2O2/c1-9-4-12(6-13(10(9)2)15(18)19)14-5-11(7-16)8-17(14)3/h4,6,11,14H,5,7-8,16H2,1-3H3,(H,18,19). The van der Waals surface area contributed by atoms with Crippen LogP contribution < -0.4 is 5.73 Å². The van der Waals surface area contributed by atoms with E-state index in [1.807, 2.05) is 19.9 Å². The second-order valence-electron chi connectivity index (χ2n) is 5.61. The topological polar surface area (TPSA) is 66.6 Å². The van der Waals surface area contributed by atoms with Gasteiger partial charge in [-0.25, -0.2) is 4.79 Å². The second-order valence-corrected chi connectivity index (χ2v) is 5.61. The summed E-state index contributed by atoms with van der Waals surface area (Å²) in [5, 5.41) is 9.29. The predicted octanol–water partition coefficient (Wildman–Crippen LogP) is 1.95. The number of nitrogens with zero attached hydrogens (tertiary/aromatic N) is 1. The molecule has 0 spiro atoms. The molecule has 0 radical (unpaired) electrons. The van der Waals surface area contributed by atoms with Crippen molar-refractivity contribution in [3.63, 3.8) is 0 Å². The Labute approximate surface area is 114 Å². The summed E-state index contributed by atoms with van der Waals surface area (Å²) in [6.45, 7) is 5.51. The fourth-order valence-electron chi connectivity index (χ4n) is 2.97. The largest absolute Gasteiger partial charge is 0.478 e. The maximum Gasteiger partial charge on any atom is 0.335 e. The minimum atomic E-state index is -0.849. The van der Waals surface area contributed by atoms with Gasteiger partial charge in [0, 0.05) is 12.6 Å². The highest BCUT2D eigenvalue weighted by atomic mass is 16.4. The van der Waals surface area contributed by atoms with Crippen LogP contribution in [-0.2, 0) is 0 Å². The number of carboxylic acid groups (broad SMARTS) is 1. The summed E-state index contributed by atoms with van der Waals surface area (Å²) in [5.41, 5.74) is 9.16. The number of aryl methyl sites for hydroxylation is 1. The van der Waals surface area contributed by atoms with Gasteiger partial charge in [-0.05, 0) is 62.5 Å². The van der Waals surface area contributed by atoms with Crippen molar-refractivity contribution in [3.05, 3.63) is 34.4 Å². The van der Waals surface area contributed by atoms with Crippen LogP contribution in [0.4, 0.5) is 0 Å². The molecule has 1 saturated heterocycles. The van der Waals surface area contributed by atoms with E-state index in [9.17, 15) is 9.90 Å². The van der Waals surface area contributed by atoms with Crippen molar-refractivity contribution in [3.8, 4) is 0 Å². The third kappa shape index (κ3) is 2.65. The third-order valence-electron chi connectivity index (χ3n) is 4.27. The Morgan fingerprint density at radius 3 is 2.68 bits per heavy atom. The van der Waals surface area contributed by atoms with Crippen LogP contribution in [0.1, 0.15) is 39.5 Å². The first kappa shape index (κ1) is 14.0. The number of likely N-dealkylation sites (tertiary alicyclic amines) is 1. The van der Waals surface area contributed by atoms with E-state index in [-0.39, 0.29) is 6.04 Å². The number of carbonyl (C=O) groups is 1. The van der Waals surface area contributed by atoms with Crippen molar-refractivity contribution in [1.82, 2.24) is 4.90 Å². The number of hydrogen-bond acceptors (Lipinski definition) is 3. The van der Waals surface area contributed by atoms with Gasteiger partial charge in [-0.15, -0.1) is 0 Å². The quantitative estimate of drug-likeness (QED) is 0.873. The van der Waals surface area contributed by atoms with Gasteiger partial charge in [-0.1, -0.05) is 6.07 Å². The molecule has 104 valence electrons. The highest BCUT2D eigenvalue weighted by Crippen LogP contribution is 2.35. The molecule has 1 fully saturated rings. The molecule has 1 heterocycles. The Bertz CT molecular complexity index is 499. The minimum Gasteiger partial charge on any atom is -0.478 e. The normalized spacial score (nSPS) is 23.8. The monoisotopic (exact) mass is 262 g/mol. The van der Waals surface area contributed by atoms with E-state index in [1.165, 1.54) is 0 Å². The summed E-state index contributed by atoms with van der Waals surface area (Å²) in [6.07, 6.45) is 1.01. The molecule has 0 aliphatic carbocycles. The summed E-state index contributed by atoms with van der Waals surface area (Å²) >= 11 is 0. The number of rotatable bonds is 3. The average molecular weight is 262 g/mol. The van der Waals surface area contributed by atoms with Gasteiger partial charge in [0.15, 0.2) is 0 Å². The van der Waals surface area contributed by atoms with Gasteiger partial charge in [0.1, 0.15) is 0 Å². The van der Waals surface area contributed by atoms with E-state index in [0.29, 0.717) is 18.0 Å².